The van der Waals surface area contributed by atoms with Crippen LogP contribution in [0.2, 0.25) is 0 Å². The Hall–Kier alpha value is -2.84. The lowest BCUT2D eigenvalue weighted by Gasteiger charge is -2.29. The van der Waals surface area contributed by atoms with Crippen molar-refractivity contribution in [2.24, 2.45) is 5.92 Å². The molecule has 0 unspecified atom stereocenters. The Morgan fingerprint density at radius 3 is 2.04 bits per heavy atom. The minimum atomic E-state index is 0.0607. The molecule has 4 rings (SSSR count). The summed E-state index contributed by atoms with van der Waals surface area (Å²) in [7, 11) is 0. The quantitative estimate of drug-likeness (QED) is 0.823. The van der Waals surface area contributed by atoms with Gasteiger partial charge >= 0.3 is 0 Å². The maximum atomic E-state index is 12.7. The maximum Gasteiger partial charge on any atom is 0.253 e. The molecular formula is C23H25N3O2. The third-order valence-electron chi connectivity index (χ3n) is 5.67. The second kappa shape index (κ2) is 8.45. The molecule has 2 aliphatic rings. The molecule has 1 amide bonds. The molecule has 0 N–H and O–H groups in total. The van der Waals surface area contributed by atoms with Crippen molar-refractivity contribution in [2.45, 2.75) is 12.8 Å². The number of ether oxygens (including phenoxy) is 1. The summed E-state index contributed by atoms with van der Waals surface area (Å²) >= 11 is 0. The first-order chi connectivity index (χ1) is 13.7. The van der Waals surface area contributed by atoms with Crippen molar-refractivity contribution in [2.75, 3.05) is 44.3 Å². The molecule has 2 heterocycles. The van der Waals surface area contributed by atoms with Crippen LogP contribution in [0.3, 0.4) is 0 Å². The Morgan fingerprint density at radius 2 is 1.46 bits per heavy atom. The van der Waals surface area contributed by atoms with Crippen molar-refractivity contribution >= 4 is 11.6 Å². The van der Waals surface area contributed by atoms with Crippen LogP contribution in [0.5, 0.6) is 0 Å². The number of anilines is 1. The van der Waals surface area contributed by atoms with Crippen molar-refractivity contribution in [3.05, 3.63) is 54.1 Å². The first kappa shape index (κ1) is 18.5. The number of nitriles is 1. The van der Waals surface area contributed by atoms with Crippen LogP contribution in [0.1, 0.15) is 23.2 Å². The number of carbonyl (C=O) groups excluding carboxylic acids is 1. The van der Waals surface area contributed by atoms with Gasteiger partial charge in [-0.05, 0) is 48.2 Å². The van der Waals surface area contributed by atoms with Gasteiger partial charge in [-0.2, -0.15) is 5.26 Å². The first-order valence-corrected chi connectivity index (χ1v) is 9.97. The van der Waals surface area contributed by atoms with Gasteiger partial charge in [-0.15, -0.1) is 0 Å². The summed E-state index contributed by atoms with van der Waals surface area (Å²) < 4.78 is 5.41. The number of hydrogen-bond acceptors (Lipinski definition) is 4. The lowest BCUT2D eigenvalue weighted by Crippen LogP contribution is -2.38. The van der Waals surface area contributed by atoms with E-state index in [1.165, 1.54) is 5.69 Å². The van der Waals surface area contributed by atoms with Gasteiger partial charge < -0.3 is 14.5 Å². The largest absolute Gasteiger partial charge is 0.378 e. The molecule has 0 bridgehead atoms. The smallest absolute Gasteiger partial charge is 0.253 e. The molecular weight excluding hydrogens is 350 g/mol. The molecule has 0 saturated carbocycles. The molecule has 2 aromatic carbocycles. The first-order valence-electron chi connectivity index (χ1n) is 9.97. The highest BCUT2D eigenvalue weighted by atomic mass is 16.5. The van der Waals surface area contributed by atoms with Gasteiger partial charge in [-0.1, -0.05) is 24.3 Å². The van der Waals surface area contributed by atoms with Crippen LogP contribution in [0.15, 0.2) is 48.5 Å². The monoisotopic (exact) mass is 375 g/mol. The van der Waals surface area contributed by atoms with E-state index >= 15 is 0 Å². The SMILES string of the molecule is N#CC1CCN(C(=O)c2ccc(-c3ccc(N4CCOCC4)cc3)cc2)CC1. The topological polar surface area (TPSA) is 56.6 Å². The van der Waals surface area contributed by atoms with Gasteiger partial charge in [0.1, 0.15) is 0 Å². The van der Waals surface area contributed by atoms with Gasteiger partial charge in [-0.3, -0.25) is 4.79 Å². The normalized spacial score (nSPS) is 18.0. The van der Waals surface area contributed by atoms with Crippen molar-refractivity contribution in [3.63, 3.8) is 0 Å². The Bertz CT molecular complexity index is 841. The Morgan fingerprint density at radius 1 is 0.893 bits per heavy atom. The van der Waals surface area contributed by atoms with Crippen molar-refractivity contribution in [3.8, 4) is 17.2 Å². The Labute approximate surface area is 166 Å². The summed E-state index contributed by atoms with van der Waals surface area (Å²) in [6.07, 6.45) is 1.55. The molecule has 5 nitrogen and oxygen atoms in total. The molecule has 0 atom stereocenters. The van der Waals surface area contributed by atoms with E-state index < -0.39 is 0 Å². The molecule has 28 heavy (non-hydrogen) atoms. The molecule has 2 fully saturated rings. The standard InChI is InChI=1S/C23H25N3O2/c24-17-18-9-11-26(12-10-18)23(27)21-3-1-19(2-4-21)20-5-7-22(8-6-20)25-13-15-28-16-14-25/h1-8,18H,9-16H2. The second-order valence-electron chi connectivity index (χ2n) is 7.42. The van der Waals surface area contributed by atoms with E-state index in [9.17, 15) is 4.79 Å². The zero-order valence-corrected chi connectivity index (χ0v) is 16.0. The number of carbonyl (C=O) groups is 1. The molecule has 0 radical (unpaired) electrons. The molecule has 2 aliphatic heterocycles. The van der Waals surface area contributed by atoms with Crippen LogP contribution in [0, 0.1) is 17.2 Å². The highest BCUT2D eigenvalue weighted by molar-refractivity contribution is 5.94. The highest BCUT2D eigenvalue weighted by Crippen LogP contribution is 2.25. The minimum absolute atomic E-state index is 0.0607. The minimum Gasteiger partial charge on any atom is -0.378 e. The molecule has 0 aliphatic carbocycles. The zero-order valence-electron chi connectivity index (χ0n) is 16.0. The van der Waals surface area contributed by atoms with Gasteiger partial charge in [-0.25, -0.2) is 0 Å². The molecule has 0 spiro atoms. The van der Waals surface area contributed by atoms with Crippen LogP contribution in [0.25, 0.3) is 11.1 Å². The maximum absolute atomic E-state index is 12.7. The van der Waals surface area contributed by atoms with Crippen molar-refractivity contribution in [1.82, 2.24) is 4.90 Å². The summed E-state index contributed by atoms with van der Waals surface area (Å²) in [4.78, 5) is 16.9. The molecule has 5 heteroatoms. The van der Waals surface area contributed by atoms with E-state index in [1.54, 1.807) is 0 Å². The molecule has 0 aromatic heterocycles. The van der Waals surface area contributed by atoms with E-state index in [0.717, 1.165) is 50.3 Å². The predicted molar refractivity (Wildman–Crippen MR) is 109 cm³/mol. The fourth-order valence-electron chi connectivity index (χ4n) is 3.89. The van der Waals surface area contributed by atoms with Gasteiger partial charge in [0.05, 0.1) is 19.3 Å². The highest BCUT2D eigenvalue weighted by Gasteiger charge is 2.23. The second-order valence-corrected chi connectivity index (χ2v) is 7.42. The zero-order chi connectivity index (χ0) is 19.3. The summed E-state index contributed by atoms with van der Waals surface area (Å²) in [6.45, 7) is 4.77. The summed E-state index contributed by atoms with van der Waals surface area (Å²) in [5.41, 5.74) is 4.18. The third kappa shape index (κ3) is 4.02. The van der Waals surface area contributed by atoms with E-state index in [1.807, 2.05) is 29.2 Å². The van der Waals surface area contributed by atoms with Crippen LogP contribution in [-0.4, -0.2) is 50.2 Å². The number of benzene rings is 2. The van der Waals surface area contributed by atoms with Crippen LogP contribution < -0.4 is 4.90 Å². The number of amides is 1. The van der Waals surface area contributed by atoms with E-state index in [2.05, 4.69) is 35.2 Å². The van der Waals surface area contributed by atoms with E-state index in [4.69, 9.17) is 10.00 Å². The van der Waals surface area contributed by atoms with Crippen LogP contribution in [-0.2, 0) is 4.74 Å². The third-order valence-corrected chi connectivity index (χ3v) is 5.67. The summed E-state index contributed by atoms with van der Waals surface area (Å²) in [6, 6.07) is 18.7. The number of morpholine rings is 1. The van der Waals surface area contributed by atoms with Crippen molar-refractivity contribution < 1.29 is 9.53 Å². The molecule has 2 aromatic rings. The van der Waals surface area contributed by atoms with E-state index in [0.29, 0.717) is 18.7 Å². The number of piperidine rings is 1. The Balaban J connectivity index is 1.41. The average Bonchev–Trinajstić information content (AvgIpc) is 2.79. The summed E-state index contributed by atoms with van der Waals surface area (Å²) in [5.74, 6) is 0.150. The van der Waals surface area contributed by atoms with Gasteiger partial charge in [0.25, 0.3) is 5.91 Å². The summed E-state index contributed by atoms with van der Waals surface area (Å²) in [5, 5.41) is 9.00. The average molecular weight is 375 g/mol. The van der Waals surface area contributed by atoms with Gasteiger partial charge in [0.15, 0.2) is 0 Å². The Kier molecular flexibility index (Phi) is 5.59. The molecule has 2 saturated heterocycles. The van der Waals surface area contributed by atoms with Gasteiger partial charge in [0.2, 0.25) is 0 Å². The number of likely N-dealkylation sites (tertiary alicyclic amines) is 1. The predicted octanol–water partition coefficient (Wildman–Crippen LogP) is 3.57. The lowest BCUT2D eigenvalue weighted by atomic mass is 9.97. The van der Waals surface area contributed by atoms with Gasteiger partial charge in [0, 0.05) is 43.3 Å². The molecule has 144 valence electrons. The van der Waals surface area contributed by atoms with Crippen LogP contribution in [0.4, 0.5) is 5.69 Å². The number of hydrogen-bond donors (Lipinski definition) is 0. The fourth-order valence-corrected chi connectivity index (χ4v) is 3.89. The number of rotatable bonds is 3. The fraction of sp³-hybridized carbons (Fsp3) is 0.391. The lowest BCUT2D eigenvalue weighted by molar-refractivity contribution is 0.0707. The van der Waals surface area contributed by atoms with Crippen molar-refractivity contribution in [1.29, 1.82) is 5.26 Å². The number of nitrogens with zero attached hydrogens (tertiary/aromatic N) is 3. The van der Waals surface area contributed by atoms with E-state index in [-0.39, 0.29) is 11.8 Å². The van der Waals surface area contributed by atoms with Crippen LogP contribution >= 0.6 is 0 Å².